The van der Waals surface area contributed by atoms with Crippen LogP contribution in [0.3, 0.4) is 0 Å². The molecule has 8 heteroatoms. The fraction of sp³-hybridized carbons (Fsp3) is 0.118. The van der Waals surface area contributed by atoms with Crippen molar-refractivity contribution in [2.75, 3.05) is 5.32 Å². The zero-order valence-electron chi connectivity index (χ0n) is 13.1. The summed E-state index contributed by atoms with van der Waals surface area (Å²) in [5.41, 5.74) is -0.196. The zero-order chi connectivity index (χ0) is 18.0. The molecule has 0 saturated carbocycles. The highest BCUT2D eigenvalue weighted by atomic mass is 19.4. The maximum absolute atomic E-state index is 13.0. The molecule has 2 aromatic heterocycles. The average Bonchev–Trinajstić information content (AvgIpc) is 2.96. The van der Waals surface area contributed by atoms with Gasteiger partial charge < -0.3 is 5.32 Å². The Morgan fingerprint density at radius 1 is 1.08 bits per heavy atom. The van der Waals surface area contributed by atoms with E-state index in [1.54, 1.807) is 12.1 Å². The van der Waals surface area contributed by atoms with Crippen LogP contribution < -0.4 is 5.32 Å². The Hall–Kier alpha value is -3.16. The fourth-order valence-electron chi connectivity index (χ4n) is 2.31. The van der Waals surface area contributed by atoms with E-state index in [0.29, 0.717) is 5.69 Å². The minimum atomic E-state index is -4.66. The number of anilines is 1. The number of hydrogen-bond donors (Lipinski definition) is 1. The minimum Gasteiger partial charge on any atom is -0.317 e. The predicted molar refractivity (Wildman–Crippen MR) is 85.8 cm³/mol. The summed E-state index contributed by atoms with van der Waals surface area (Å²) in [6, 6.07) is 13.9. The summed E-state index contributed by atoms with van der Waals surface area (Å²) in [5, 5.41) is 5.58. The Morgan fingerprint density at radius 3 is 2.48 bits per heavy atom. The second kappa shape index (κ2) is 6.39. The van der Waals surface area contributed by atoms with Gasteiger partial charge in [-0.2, -0.15) is 18.3 Å². The molecule has 0 atom stereocenters. The van der Waals surface area contributed by atoms with Gasteiger partial charge in [0.25, 0.3) is 5.91 Å². The highest BCUT2D eigenvalue weighted by molar-refractivity contribution is 6.03. The van der Waals surface area contributed by atoms with E-state index in [1.807, 2.05) is 30.3 Å². The molecule has 0 unspecified atom stereocenters. The maximum atomic E-state index is 13.0. The van der Waals surface area contributed by atoms with Gasteiger partial charge in [-0.15, -0.1) is 0 Å². The highest BCUT2D eigenvalue weighted by Gasteiger charge is 2.37. The molecule has 0 aliphatic carbocycles. The van der Waals surface area contributed by atoms with Crippen LogP contribution >= 0.6 is 0 Å². The third-order valence-corrected chi connectivity index (χ3v) is 3.40. The Labute approximate surface area is 141 Å². The number of nitrogens with one attached hydrogen (secondary N) is 1. The molecule has 0 fully saturated rings. The van der Waals surface area contributed by atoms with E-state index >= 15 is 0 Å². The van der Waals surface area contributed by atoms with E-state index in [9.17, 15) is 18.0 Å². The second-order valence-corrected chi connectivity index (χ2v) is 5.29. The molecule has 0 bridgehead atoms. The van der Waals surface area contributed by atoms with Crippen molar-refractivity contribution in [3.63, 3.8) is 0 Å². The standard InChI is InChI=1S/C17H13F3N4O/c1-24-10-14(15(23-24)17(18,19)20)22-16(25)13-9-5-8-12(21-13)11-6-3-2-4-7-11/h2-10H,1H3,(H,22,25). The number of carbonyl (C=O) groups is 1. The number of rotatable bonds is 3. The monoisotopic (exact) mass is 346 g/mol. The van der Waals surface area contributed by atoms with Crippen LogP contribution in [0.2, 0.25) is 0 Å². The Kier molecular flexibility index (Phi) is 4.26. The third kappa shape index (κ3) is 3.68. The van der Waals surface area contributed by atoms with Crippen LogP contribution in [0.25, 0.3) is 11.3 Å². The summed E-state index contributed by atoms with van der Waals surface area (Å²) in [5.74, 6) is -0.740. The Morgan fingerprint density at radius 2 is 1.80 bits per heavy atom. The van der Waals surface area contributed by atoms with E-state index < -0.39 is 23.5 Å². The van der Waals surface area contributed by atoms with Crippen LogP contribution in [0.15, 0.2) is 54.7 Å². The third-order valence-electron chi connectivity index (χ3n) is 3.40. The van der Waals surface area contributed by atoms with Gasteiger partial charge in [0, 0.05) is 18.8 Å². The van der Waals surface area contributed by atoms with Crippen molar-refractivity contribution in [2.24, 2.45) is 7.05 Å². The topological polar surface area (TPSA) is 59.8 Å². The number of nitrogens with zero attached hydrogens (tertiary/aromatic N) is 3. The molecule has 3 rings (SSSR count). The van der Waals surface area contributed by atoms with Gasteiger partial charge in [-0.1, -0.05) is 36.4 Å². The molecular weight excluding hydrogens is 333 g/mol. The number of pyridine rings is 1. The number of carbonyl (C=O) groups excluding carboxylic acids is 1. The molecule has 2 heterocycles. The van der Waals surface area contributed by atoms with E-state index in [-0.39, 0.29) is 5.69 Å². The lowest BCUT2D eigenvalue weighted by Gasteiger charge is -2.08. The van der Waals surface area contributed by atoms with Crippen molar-refractivity contribution in [3.05, 3.63) is 66.1 Å². The summed E-state index contributed by atoms with van der Waals surface area (Å²) >= 11 is 0. The molecule has 0 aliphatic rings. The van der Waals surface area contributed by atoms with E-state index in [0.717, 1.165) is 16.4 Å². The van der Waals surface area contributed by atoms with Crippen LogP contribution in [-0.4, -0.2) is 20.7 Å². The molecule has 1 N–H and O–H groups in total. The lowest BCUT2D eigenvalue weighted by Crippen LogP contribution is -2.17. The van der Waals surface area contributed by atoms with Crippen LogP contribution in [0.4, 0.5) is 18.9 Å². The normalized spacial score (nSPS) is 11.4. The lowest BCUT2D eigenvalue weighted by molar-refractivity contribution is -0.140. The molecule has 0 radical (unpaired) electrons. The molecule has 5 nitrogen and oxygen atoms in total. The molecule has 0 spiro atoms. The van der Waals surface area contributed by atoms with E-state index in [2.05, 4.69) is 15.4 Å². The van der Waals surface area contributed by atoms with Gasteiger partial charge in [-0.05, 0) is 12.1 Å². The molecule has 3 aromatic rings. The molecule has 1 aromatic carbocycles. The number of amides is 1. The van der Waals surface area contributed by atoms with Crippen molar-refractivity contribution >= 4 is 11.6 Å². The van der Waals surface area contributed by atoms with Gasteiger partial charge in [0.1, 0.15) is 5.69 Å². The van der Waals surface area contributed by atoms with Crippen LogP contribution in [0.1, 0.15) is 16.2 Å². The summed E-state index contributed by atoms with van der Waals surface area (Å²) in [4.78, 5) is 16.5. The van der Waals surface area contributed by atoms with Crippen LogP contribution in [0, 0.1) is 0 Å². The van der Waals surface area contributed by atoms with Crippen LogP contribution in [-0.2, 0) is 13.2 Å². The zero-order valence-corrected chi connectivity index (χ0v) is 13.1. The smallest absolute Gasteiger partial charge is 0.317 e. The van der Waals surface area contributed by atoms with Gasteiger partial charge in [-0.25, -0.2) is 4.98 Å². The number of aromatic nitrogens is 3. The van der Waals surface area contributed by atoms with E-state index in [4.69, 9.17) is 0 Å². The van der Waals surface area contributed by atoms with Gasteiger partial charge in [0.05, 0.1) is 11.4 Å². The maximum Gasteiger partial charge on any atom is 0.437 e. The lowest BCUT2D eigenvalue weighted by atomic mass is 10.1. The fourth-order valence-corrected chi connectivity index (χ4v) is 2.31. The predicted octanol–water partition coefficient (Wildman–Crippen LogP) is 3.75. The summed E-state index contributed by atoms with van der Waals surface area (Å²) in [6.07, 6.45) is -3.56. The van der Waals surface area contributed by atoms with E-state index in [1.165, 1.54) is 13.1 Å². The molecule has 0 saturated heterocycles. The number of halogens is 3. The number of aryl methyl sites for hydroxylation is 1. The van der Waals surface area contributed by atoms with Crippen molar-refractivity contribution in [1.29, 1.82) is 0 Å². The largest absolute Gasteiger partial charge is 0.437 e. The first-order valence-electron chi connectivity index (χ1n) is 7.29. The van der Waals surface area contributed by atoms with Gasteiger partial charge >= 0.3 is 6.18 Å². The number of hydrogen-bond acceptors (Lipinski definition) is 3. The van der Waals surface area contributed by atoms with Crippen molar-refractivity contribution in [1.82, 2.24) is 14.8 Å². The number of benzene rings is 1. The van der Waals surface area contributed by atoms with Crippen molar-refractivity contribution in [3.8, 4) is 11.3 Å². The SMILES string of the molecule is Cn1cc(NC(=O)c2cccc(-c3ccccc3)n2)c(C(F)(F)F)n1. The first kappa shape index (κ1) is 16.7. The second-order valence-electron chi connectivity index (χ2n) is 5.29. The Balaban J connectivity index is 1.88. The first-order valence-corrected chi connectivity index (χ1v) is 7.29. The first-order chi connectivity index (χ1) is 11.8. The minimum absolute atomic E-state index is 0.0123. The molecule has 25 heavy (non-hydrogen) atoms. The average molecular weight is 346 g/mol. The van der Waals surface area contributed by atoms with Crippen molar-refractivity contribution < 1.29 is 18.0 Å². The number of alkyl halides is 3. The van der Waals surface area contributed by atoms with Crippen molar-refractivity contribution in [2.45, 2.75) is 6.18 Å². The van der Waals surface area contributed by atoms with Gasteiger partial charge in [0.15, 0.2) is 5.69 Å². The molecule has 0 aliphatic heterocycles. The Bertz CT molecular complexity index is 904. The highest BCUT2D eigenvalue weighted by Crippen LogP contribution is 2.33. The summed E-state index contributed by atoms with van der Waals surface area (Å²) < 4.78 is 39.9. The van der Waals surface area contributed by atoms with Crippen LogP contribution in [0.5, 0.6) is 0 Å². The molecule has 128 valence electrons. The molecular formula is C17H13F3N4O. The molecule has 1 amide bonds. The van der Waals surface area contributed by atoms with Gasteiger partial charge in [-0.3, -0.25) is 9.48 Å². The summed E-state index contributed by atoms with van der Waals surface area (Å²) in [7, 11) is 1.35. The quantitative estimate of drug-likeness (QED) is 0.786. The van der Waals surface area contributed by atoms with Gasteiger partial charge in [0.2, 0.25) is 0 Å². The summed E-state index contributed by atoms with van der Waals surface area (Å²) in [6.45, 7) is 0.